The summed E-state index contributed by atoms with van der Waals surface area (Å²) < 4.78 is 0. The second-order valence-corrected chi connectivity index (χ2v) is 6.59. The summed E-state index contributed by atoms with van der Waals surface area (Å²) in [6, 6.07) is 0. The number of thiazole rings is 1. The fraction of sp³-hybridized carbons (Fsp3) is 0.636. The minimum Gasteiger partial charge on any atom is -0.382 e. The van der Waals surface area contributed by atoms with Crippen LogP contribution in [0.2, 0.25) is 0 Å². The molecule has 5 nitrogen and oxygen atoms in total. The van der Waals surface area contributed by atoms with E-state index >= 15 is 0 Å². The Bertz CT molecular complexity index is 415. The number of anilines is 2. The monoisotopic (exact) mass is 286 g/mol. The molecule has 1 aliphatic rings. The van der Waals surface area contributed by atoms with E-state index < -0.39 is 0 Å². The van der Waals surface area contributed by atoms with Gasteiger partial charge in [-0.25, -0.2) is 4.98 Å². The van der Waals surface area contributed by atoms with Gasteiger partial charge < -0.3 is 16.4 Å². The lowest BCUT2D eigenvalue weighted by atomic mass is 10.2. The molecule has 1 aromatic rings. The number of hydrogen-bond donors (Lipinski definition) is 3. The van der Waals surface area contributed by atoms with Crippen molar-refractivity contribution in [1.29, 1.82) is 0 Å². The van der Waals surface area contributed by atoms with Gasteiger partial charge in [0.05, 0.1) is 0 Å². The maximum atomic E-state index is 12.0. The fourth-order valence-electron chi connectivity index (χ4n) is 1.86. The molecular weight excluding hydrogens is 268 g/mol. The normalized spacial score (nSPS) is 19.5. The zero-order valence-electron chi connectivity index (χ0n) is 10.4. The van der Waals surface area contributed by atoms with Crippen LogP contribution in [0.3, 0.4) is 0 Å². The highest BCUT2D eigenvalue weighted by Gasteiger charge is 2.18. The van der Waals surface area contributed by atoms with Crippen LogP contribution in [0.15, 0.2) is 0 Å². The van der Waals surface area contributed by atoms with E-state index in [9.17, 15) is 4.79 Å². The first-order chi connectivity index (χ1) is 8.70. The fourth-order valence-corrected chi connectivity index (χ4v) is 3.85. The van der Waals surface area contributed by atoms with E-state index in [1.807, 2.05) is 11.8 Å². The summed E-state index contributed by atoms with van der Waals surface area (Å²) in [5, 5.41) is 7.05. The van der Waals surface area contributed by atoms with Crippen LogP contribution in [0.4, 0.5) is 10.9 Å². The standard InChI is InChI=1S/C11H18N4OS2/c1-13-11-15-9(12)8(18-11)10(16)14-6-7-4-2-3-5-17-7/h7H,2-6,12H2,1H3,(H,13,15)(H,14,16). The van der Waals surface area contributed by atoms with Gasteiger partial charge in [0.1, 0.15) is 10.7 Å². The predicted octanol–water partition coefficient (Wildman–Crippen LogP) is 1.78. The third-order valence-corrected chi connectivity index (χ3v) is 5.32. The molecule has 1 amide bonds. The van der Waals surface area contributed by atoms with Crippen molar-refractivity contribution in [2.24, 2.45) is 0 Å². The smallest absolute Gasteiger partial charge is 0.265 e. The number of amides is 1. The molecule has 0 spiro atoms. The van der Waals surface area contributed by atoms with Crippen molar-refractivity contribution >= 4 is 40.0 Å². The lowest BCUT2D eigenvalue weighted by Crippen LogP contribution is -2.31. The molecule has 2 heterocycles. The summed E-state index contributed by atoms with van der Waals surface area (Å²) in [6.45, 7) is 0.718. The molecule has 1 atom stereocenters. The second kappa shape index (κ2) is 6.29. The van der Waals surface area contributed by atoms with E-state index in [0.717, 1.165) is 6.54 Å². The highest BCUT2D eigenvalue weighted by atomic mass is 32.2. The second-order valence-electron chi connectivity index (χ2n) is 4.18. The van der Waals surface area contributed by atoms with Gasteiger partial charge in [-0.15, -0.1) is 0 Å². The molecule has 1 aliphatic heterocycles. The quantitative estimate of drug-likeness (QED) is 0.786. The summed E-state index contributed by atoms with van der Waals surface area (Å²) in [4.78, 5) is 16.5. The van der Waals surface area contributed by atoms with Crippen LogP contribution in [0.5, 0.6) is 0 Å². The Morgan fingerprint density at radius 1 is 1.56 bits per heavy atom. The summed E-state index contributed by atoms with van der Waals surface area (Å²) in [5.41, 5.74) is 5.72. The molecule has 0 aliphatic carbocycles. The topological polar surface area (TPSA) is 80.0 Å². The van der Waals surface area contributed by atoms with E-state index in [-0.39, 0.29) is 5.91 Å². The number of carbonyl (C=O) groups is 1. The number of nitrogens with two attached hydrogens (primary N) is 1. The van der Waals surface area contributed by atoms with Crippen molar-refractivity contribution in [3.05, 3.63) is 4.88 Å². The lowest BCUT2D eigenvalue weighted by molar-refractivity contribution is 0.0958. The Balaban J connectivity index is 1.88. The molecule has 1 fully saturated rings. The molecule has 18 heavy (non-hydrogen) atoms. The van der Waals surface area contributed by atoms with Gasteiger partial charge in [-0.3, -0.25) is 4.79 Å². The first-order valence-electron chi connectivity index (χ1n) is 6.04. The maximum absolute atomic E-state index is 12.0. The minimum absolute atomic E-state index is 0.113. The molecule has 0 aromatic carbocycles. The van der Waals surface area contributed by atoms with Crippen molar-refractivity contribution in [2.45, 2.75) is 24.5 Å². The number of rotatable bonds is 4. The van der Waals surface area contributed by atoms with Gasteiger partial charge >= 0.3 is 0 Å². The number of nitrogens with zero attached hydrogens (tertiary/aromatic N) is 1. The Morgan fingerprint density at radius 3 is 3.00 bits per heavy atom. The van der Waals surface area contributed by atoms with Gasteiger partial charge in [-0.2, -0.15) is 11.8 Å². The molecule has 1 unspecified atom stereocenters. The zero-order chi connectivity index (χ0) is 13.0. The SMILES string of the molecule is CNc1nc(N)c(C(=O)NCC2CCCCS2)s1. The first kappa shape index (κ1) is 13.5. The summed E-state index contributed by atoms with van der Waals surface area (Å²) in [7, 11) is 1.76. The summed E-state index contributed by atoms with van der Waals surface area (Å²) in [6.07, 6.45) is 3.74. The van der Waals surface area contributed by atoms with Crippen molar-refractivity contribution in [3.8, 4) is 0 Å². The van der Waals surface area contributed by atoms with E-state index in [0.29, 0.717) is 21.1 Å². The molecule has 1 saturated heterocycles. The van der Waals surface area contributed by atoms with Crippen LogP contribution in [0.25, 0.3) is 0 Å². The molecule has 100 valence electrons. The van der Waals surface area contributed by atoms with Crippen molar-refractivity contribution in [1.82, 2.24) is 10.3 Å². The van der Waals surface area contributed by atoms with E-state index in [2.05, 4.69) is 15.6 Å². The van der Waals surface area contributed by atoms with Gasteiger partial charge in [0.15, 0.2) is 5.13 Å². The van der Waals surface area contributed by atoms with Crippen molar-refractivity contribution in [2.75, 3.05) is 30.4 Å². The zero-order valence-corrected chi connectivity index (χ0v) is 12.0. The van der Waals surface area contributed by atoms with E-state index in [4.69, 9.17) is 5.73 Å². The number of nitrogens with one attached hydrogen (secondary N) is 2. The lowest BCUT2D eigenvalue weighted by Gasteiger charge is -2.21. The maximum Gasteiger partial charge on any atom is 0.265 e. The first-order valence-corrected chi connectivity index (χ1v) is 7.91. The summed E-state index contributed by atoms with van der Waals surface area (Å²) >= 11 is 3.23. The Kier molecular flexibility index (Phi) is 4.71. The van der Waals surface area contributed by atoms with E-state index in [1.54, 1.807) is 7.05 Å². The van der Waals surface area contributed by atoms with Crippen LogP contribution >= 0.6 is 23.1 Å². The minimum atomic E-state index is -0.113. The predicted molar refractivity (Wildman–Crippen MR) is 78.5 cm³/mol. The average Bonchev–Trinajstić information content (AvgIpc) is 2.78. The third-order valence-electron chi connectivity index (χ3n) is 2.84. The van der Waals surface area contributed by atoms with Crippen molar-refractivity contribution in [3.63, 3.8) is 0 Å². The molecule has 0 bridgehead atoms. The highest BCUT2D eigenvalue weighted by Crippen LogP contribution is 2.26. The number of nitrogen functional groups attached to an aromatic ring is 1. The van der Waals surface area contributed by atoms with Crippen molar-refractivity contribution < 1.29 is 4.79 Å². The Labute approximate surface area is 115 Å². The number of hydrogen-bond acceptors (Lipinski definition) is 6. The van der Waals surface area contributed by atoms with Crippen LogP contribution < -0.4 is 16.4 Å². The van der Waals surface area contributed by atoms with Gasteiger partial charge in [-0.05, 0) is 18.6 Å². The Morgan fingerprint density at radius 2 is 2.39 bits per heavy atom. The third kappa shape index (κ3) is 3.29. The van der Waals surface area contributed by atoms with Gasteiger partial charge in [-0.1, -0.05) is 17.8 Å². The van der Waals surface area contributed by atoms with Gasteiger partial charge in [0.25, 0.3) is 5.91 Å². The van der Waals surface area contributed by atoms with E-state index in [1.165, 1.54) is 36.4 Å². The molecule has 0 radical (unpaired) electrons. The molecule has 1 aromatic heterocycles. The van der Waals surface area contributed by atoms with Crippen LogP contribution in [-0.4, -0.2) is 35.5 Å². The average molecular weight is 286 g/mol. The molecule has 7 heteroatoms. The van der Waals surface area contributed by atoms with Crippen LogP contribution in [0.1, 0.15) is 28.9 Å². The highest BCUT2D eigenvalue weighted by molar-refractivity contribution is 7.99. The molecule has 2 rings (SSSR count). The largest absolute Gasteiger partial charge is 0.382 e. The van der Waals surface area contributed by atoms with Crippen LogP contribution in [0, 0.1) is 0 Å². The van der Waals surface area contributed by atoms with Gasteiger partial charge in [0, 0.05) is 18.8 Å². The number of carbonyl (C=O) groups excluding carboxylic acids is 1. The number of aromatic nitrogens is 1. The molecule has 4 N–H and O–H groups in total. The molecule has 0 saturated carbocycles. The summed E-state index contributed by atoms with van der Waals surface area (Å²) in [5.74, 6) is 1.39. The Hall–Kier alpha value is -0.950. The van der Waals surface area contributed by atoms with Gasteiger partial charge in [0.2, 0.25) is 0 Å². The molecular formula is C11H18N4OS2. The number of thioether (sulfide) groups is 1. The van der Waals surface area contributed by atoms with Crippen LogP contribution in [-0.2, 0) is 0 Å².